The highest BCUT2D eigenvalue weighted by molar-refractivity contribution is 9.10. The number of thioether (sulfide) groups is 1. The van der Waals surface area contributed by atoms with E-state index < -0.39 is 0 Å². The summed E-state index contributed by atoms with van der Waals surface area (Å²) < 4.78 is 7.23. The van der Waals surface area contributed by atoms with Crippen molar-refractivity contribution in [3.05, 3.63) is 64.6 Å². The molecule has 1 amide bonds. The van der Waals surface area contributed by atoms with Crippen LogP contribution in [0.3, 0.4) is 0 Å². The van der Waals surface area contributed by atoms with E-state index in [9.17, 15) is 4.79 Å². The van der Waals surface area contributed by atoms with Gasteiger partial charge in [0.15, 0.2) is 4.34 Å². The average molecular weight is 450 g/mol. The first-order valence-electron chi connectivity index (χ1n) is 7.92. The number of anilines is 1. The number of carbonyl (C=O) groups is 1. The van der Waals surface area contributed by atoms with Crippen molar-refractivity contribution < 1.29 is 9.53 Å². The monoisotopic (exact) mass is 449 g/mol. The summed E-state index contributed by atoms with van der Waals surface area (Å²) in [6, 6.07) is 17.0. The SMILES string of the molecule is O=C(Nc1nnc(SCCCOc2ccccc2)s1)c1ccccc1Br. The van der Waals surface area contributed by atoms with Crippen LogP contribution in [0.15, 0.2) is 63.4 Å². The third-order valence-corrected chi connectivity index (χ3v) is 6.02. The second-order valence-corrected chi connectivity index (χ2v) is 8.34. The van der Waals surface area contributed by atoms with E-state index >= 15 is 0 Å². The number of nitrogens with zero attached hydrogens (tertiary/aromatic N) is 2. The maximum Gasteiger partial charge on any atom is 0.258 e. The van der Waals surface area contributed by atoms with E-state index in [1.807, 2.05) is 48.5 Å². The summed E-state index contributed by atoms with van der Waals surface area (Å²) in [5.41, 5.74) is 0.565. The minimum atomic E-state index is -0.207. The molecule has 1 aromatic heterocycles. The van der Waals surface area contributed by atoms with Gasteiger partial charge in [0.25, 0.3) is 5.91 Å². The van der Waals surface area contributed by atoms with E-state index in [0.717, 1.165) is 26.7 Å². The summed E-state index contributed by atoms with van der Waals surface area (Å²) in [6.07, 6.45) is 0.901. The summed E-state index contributed by atoms with van der Waals surface area (Å²) in [6.45, 7) is 0.654. The molecule has 0 radical (unpaired) electrons. The van der Waals surface area contributed by atoms with Crippen LogP contribution in [0.25, 0.3) is 0 Å². The fourth-order valence-corrected chi connectivity index (χ4v) is 4.25. The molecule has 0 atom stereocenters. The van der Waals surface area contributed by atoms with Crippen molar-refractivity contribution in [1.29, 1.82) is 0 Å². The molecule has 0 aliphatic rings. The van der Waals surface area contributed by atoms with Gasteiger partial charge in [-0.25, -0.2) is 0 Å². The van der Waals surface area contributed by atoms with Crippen LogP contribution in [0, 0.1) is 0 Å². The van der Waals surface area contributed by atoms with Crippen molar-refractivity contribution in [3.8, 4) is 5.75 Å². The third-order valence-electron chi connectivity index (χ3n) is 3.27. The minimum Gasteiger partial charge on any atom is -0.494 e. The van der Waals surface area contributed by atoms with Crippen LogP contribution in [0.2, 0.25) is 0 Å². The van der Waals surface area contributed by atoms with Crippen LogP contribution in [0.5, 0.6) is 5.75 Å². The van der Waals surface area contributed by atoms with E-state index in [0.29, 0.717) is 17.3 Å². The maximum absolute atomic E-state index is 12.3. The molecule has 1 N–H and O–H groups in total. The van der Waals surface area contributed by atoms with Gasteiger partial charge in [-0.05, 0) is 46.6 Å². The first kappa shape index (κ1) is 18.9. The summed E-state index contributed by atoms with van der Waals surface area (Å²) in [7, 11) is 0. The lowest BCUT2D eigenvalue weighted by Crippen LogP contribution is -2.12. The lowest BCUT2D eigenvalue weighted by molar-refractivity contribution is 0.102. The predicted molar refractivity (Wildman–Crippen MR) is 109 cm³/mol. The van der Waals surface area contributed by atoms with E-state index in [-0.39, 0.29) is 5.91 Å². The third kappa shape index (κ3) is 5.55. The van der Waals surface area contributed by atoms with Crippen LogP contribution >= 0.6 is 39.0 Å². The van der Waals surface area contributed by atoms with Crippen molar-refractivity contribution >= 4 is 50.1 Å². The molecule has 0 fully saturated rings. The highest BCUT2D eigenvalue weighted by Gasteiger charge is 2.12. The smallest absolute Gasteiger partial charge is 0.258 e. The van der Waals surface area contributed by atoms with Crippen LogP contribution in [0.1, 0.15) is 16.8 Å². The zero-order valence-corrected chi connectivity index (χ0v) is 16.9. The van der Waals surface area contributed by atoms with Gasteiger partial charge in [-0.2, -0.15) is 0 Å². The normalized spacial score (nSPS) is 10.5. The van der Waals surface area contributed by atoms with Crippen LogP contribution in [-0.2, 0) is 0 Å². The maximum atomic E-state index is 12.3. The number of hydrogen-bond acceptors (Lipinski definition) is 6. The molecule has 0 unspecified atom stereocenters. The van der Waals surface area contributed by atoms with Gasteiger partial charge in [0.2, 0.25) is 5.13 Å². The van der Waals surface area contributed by atoms with Gasteiger partial charge in [-0.1, -0.05) is 53.4 Å². The molecule has 8 heteroatoms. The number of halogens is 1. The molecule has 0 aliphatic heterocycles. The largest absolute Gasteiger partial charge is 0.494 e. The molecular weight excluding hydrogens is 434 g/mol. The van der Waals surface area contributed by atoms with Crippen LogP contribution in [0.4, 0.5) is 5.13 Å². The van der Waals surface area contributed by atoms with Crippen molar-refractivity contribution in [1.82, 2.24) is 10.2 Å². The second-order valence-electron chi connectivity index (χ2n) is 5.17. The number of nitrogens with one attached hydrogen (secondary N) is 1. The molecule has 134 valence electrons. The van der Waals surface area contributed by atoms with E-state index in [2.05, 4.69) is 31.4 Å². The Morgan fingerprint density at radius 1 is 1.12 bits per heavy atom. The molecule has 5 nitrogen and oxygen atoms in total. The summed E-state index contributed by atoms with van der Waals surface area (Å²) in [5.74, 6) is 1.55. The summed E-state index contributed by atoms with van der Waals surface area (Å²) in [5, 5.41) is 11.4. The van der Waals surface area contributed by atoms with E-state index in [1.165, 1.54) is 11.3 Å². The Bertz CT molecular complexity index is 858. The molecule has 0 saturated heterocycles. The van der Waals surface area contributed by atoms with Gasteiger partial charge >= 0.3 is 0 Å². The molecule has 3 aromatic rings. The number of para-hydroxylation sites is 1. The highest BCUT2D eigenvalue weighted by atomic mass is 79.9. The molecule has 0 aliphatic carbocycles. The molecule has 2 aromatic carbocycles. The van der Waals surface area contributed by atoms with Gasteiger partial charge in [-0.3, -0.25) is 10.1 Å². The fourth-order valence-electron chi connectivity index (χ4n) is 2.05. The quantitative estimate of drug-likeness (QED) is 0.293. The topological polar surface area (TPSA) is 64.1 Å². The Labute approximate surface area is 168 Å². The number of aromatic nitrogens is 2. The predicted octanol–water partition coefficient (Wildman–Crippen LogP) is 5.11. The Morgan fingerprint density at radius 2 is 1.88 bits per heavy atom. The molecule has 0 bridgehead atoms. The van der Waals surface area contributed by atoms with Crippen LogP contribution < -0.4 is 10.1 Å². The Balaban J connectivity index is 1.42. The first-order chi connectivity index (χ1) is 12.7. The number of rotatable bonds is 8. The Morgan fingerprint density at radius 3 is 2.69 bits per heavy atom. The van der Waals surface area contributed by atoms with Crippen molar-refractivity contribution in [3.63, 3.8) is 0 Å². The average Bonchev–Trinajstić information content (AvgIpc) is 3.10. The van der Waals surface area contributed by atoms with Gasteiger partial charge in [0, 0.05) is 10.2 Å². The Kier molecular flexibility index (Phi) is 7.04. The summed E-state index contributed by atoms with van der Waals surface area (Å²) in [4.78, 5) is 12.3. The minimum absolute atomic E-state index is 0.207. The van der Waals surface area contributed by atoms with E-state index in [4.69, 9.17) is 4.74 Å². The zero-order chi connectivity index (χ0) is 18.2. The van der Waals surface area contributed by atoms with Gasteiger partial charge in [-0.15, -0.1) is 10.2 Å². The highest BCUT2D eigenvalue weighted by Crippen LogP contribution is 2.27. The second kappa shape index (κ2) is 9.70. The number of carbonyl (C=O) groups excluding carboxylic acids is 1. The number of hydrogen-bond donors (Lipinski definition) is 1. The summed E-state index contributed by atoms with van der Waals surface area (Å²) >= 11 is 6.35. The standard InChI is InChI=1S/C18H16BrN3O2S2/c19-15-10-5-4-9-14(15)16(23)20-17-21-22-18(26-17)25-12-6-11-24-13-7-2-1-3-8-13/h1-5,7-10H,6,11-12H2,(H,20,21,23). The van der Waals surface area contributed by atoms with Crippen molar-refractivity contribution in [2.75, 3.05) is 17.7 Å². The molecular formula is C18H16BrN3O2S2. The number of ether oxygens (including phenoxy) is 1. The van der Waals surface area contributed by atoms with Gasteiger partial charge < -0.3 is 4.74 Å². The van der Waals surface area contributed by atoms with Gasteiger partial charge in [0.05, 0.1) is 12.2 Å². The lowest BCUT2D eigenvalue weighted by Gasteiger charge is -2.04. The molecule has 26 heavy (non-hydrogen) atoms. The number of benzene rings is 2. The molecule has 1 heterocycles. The van der Waals surface area contributed by atoms with Crippen LogP contribution in [-0.4, -0.2) is 28.5 Å². The molecule has 0 saturated carbocycles. The van der Waals surface area contributed by atoms with E-state index in [1.54, 1.807) is 17.8 Å². The molecule has 3 rings (SSSR count). The van der Waals surface area contributed by atoms with Gasteiger partial charge in [0.1, 0.15) is 5.75 Å². The molecule has 0 spiro atoms. The first-order valence-corrected chi connectivity index (χ1v) is 10.5. The lowest BCUT2D eigenvalue weighted by atomic mass is 10.2. The number of amides is 1. The van der Waals surface area contributed by atoms with Crippen molar-refractivity contribution in [2.45, 2.75) is 10.8 Å². The van der Waals surface area contributed by atoms with Crippen molar-refractivity contribution in [2.24, 2.45) is 0 Å². The fraction of sp³-hybridized carbons (Fsp3) is 0.167. The zero-order valence-electron chi connectivity index (χ0n) is 13.7. The Hall–Kier alpha value is -1.90.